The van der Waals surface area contributed by atoms with Crippen LogP contribution in [-0.2, 0) is 9.59 Å². The Labute approximate surface area is 156 Å². The summed E-state index contributed by atoms with van der Waals surface area (Å²) in [6, 6.07) is 5.18. The molecule has 1 aliphatic heterocycles. The second-order valence-corrected chi connectivity index (χ2v) is 6.43. The topological polar surface area (TPSA) is 76.2 Å². The summed E-state index contributed by atoms with van der Waals surface area (Å²) >= 11 is 0.816. The largest absolute Gasteiger partial charge is 0.497 e. The zero-order chi connectivity index (χ0) is 19.3. The van der Waals surface area contributed by atoms with Crippen LogP contribution >= 0.6 is 11.8 Å². The summed E-state index contributed by atoms with van der Waals surface area (Å²) in [7, 11) is 3.06. The van der Waals surface area contributed by atoms with E-state index >= 15 is 0 Å². The Morgan fingerprint density at radius 2 is 1.88 bits per heavy atom. The highest BCUT2D eigenvalue weighted by Crippen LogP contribution is 2.34. The molecule has 0 N–H and O–H groups in total. The van der Waals surface area contributed by atoms with Gasteiger partial charge in [0.1, 0.15) is 18.0 Å². The average Bonchev–Trinajstić information content (AvgIpc) is 2.90. The van der Waals surface area contributed by atoms with Crippen molar-refractivity contribution in [3.8, 4) is 11.5 Å². The number of hydrogen-bond donors (Lipinski definition) is 0. The molecule has 140 valence electrons. The number of methoxy groups -OCH3 is 2. The zero-order valence-electron chi connectivity index (χ0n) is 15.3. The van der Waals surface area contributed by atoms with Crippen molar-refractivity contribution >= 4 is 34.9 Å². The molecule has 1 aliphatic rings. The van der Waals surface area contributed by atoms with Gasteiger partial charge >= 0.3 is 0 Å². The third-order valence-corrected chi connectivity index (χ3v) is 4.92. The predicted octanol–water partition coefficient (Wildman–Crippen LogP) is 2.61. The highest BCUT2D eigenvalue weighted by Gasteiger charge is 2.37. The quantitative estimate of drug-likeness (QED) is 0.679. The molecule has 0 unspecified atom stereocenters. The van der Waals surface area contributed by atoms with Gasteiger partial charge in [-0.2, -0.15) is 0 Å². The number of rotatable bonds is 7. The maximum atomic E-state index is 12.6. The van der Waals surface area contributed by atoms with Crippen molar-refractivity contribution in [2.45, 2.75) is 13.8 Å². The Morgan fingerprint density at radius 1 is 1.19 bits per heavy atom. The van der Waals surface area contributed by atoms with Crippen LogP contribution in [0.4, 0.5) is 4.79 Å². The number of nitrogens with zero attached hydrogens (tertiary/aromatic N) is 2. The zero-order valence-corrected chi connectivity index (χ0v) is 16.1. The minimum atomic E-state index is -0.474. The molecule has 26 heavy (non-hydrogen) atoms. The lowest BCUT2D eigenvalue weighted by molar-refractivity contribution is -0.135. The summed E-state index contributed by atoms with van der Waals surface area (Å²) < 4.78 is 10.5. The highest BCUT2D eigenvalue weighted by atomic mass is 32.2. The first-order chi connectivity index (χ1) is 12.4. The first kappa shape index (κ1) is 19.8. The second-order valence-electron chi connectivity index (χ2n) is 5.44. The fraction of sp³-hybridized carbons (Fsp3) is 0.389. The van der Waals surface area contributed by atoms with Gasteiger partial charge < -0.3 is 14.4 Å². The molecule has 2 rings (SSSR count). The molecule has 0 bridgehead atoms. The van der Waals surface area contributed by atoms with Crippen LogP contribution in [0.1, 0.15) is 19.4 Å². The van der Waals surface area contributed by atoms with Crippen molar-refractivity contribution in [3.05, 3.63) is 28.7 Å². The molecule has 3 amide bonds. The number of thioether (sulfide) groups is 1. The fourth-order valence-corrected chi connectivity index (χ4v) is 3.36. The van der Waals surface area contributed by atoms with Crippen LogP contribution in [-0.4, -0.2) is 60.7 Å². The number of amides is 3. The summed E-state index contributed by atoms with van der Waals surface area (Å²) in [6.45, 7) is 4.52. The van der Waals surface area contributed by atoms with Gasteiger partial charge in [-0.25, -0.2) is 0 Å². The number of carbonyl (C=O) groups excluding carboxylic acids is 3. The normalized spacial score (nSPS) is 15.5. The van der Waals surface area contributed by atoms with E-state index in [9.17, 15) is 14.4 Å². The van der Waals surface area contributed by atoms with Crippen LogP contribution in [0.25, 0.3) is 6.08 Å². The molecule has 0 aromatic heterocycles. The molecular formula is C18H22N2O5S. The molecule has 1 heterocycles. The smallest absolute Gasteiger partial charge is 0.294 e. The average molecular weight is 378 g/mol. The number of ether oxygens (including phenoxy) is 2. The lowest BCUT2D eigenvalue weighted by Gasteiger charge is -2.21. The van der Waals surface area contributed by atoms with Gasteiger partial charge in [0.15, 0.2) is 0 Å². The summed E-state index contributed by atoms with van der Waals surface area (Å²) in [4.78, 5) is 39.8. The minimum absolute atomic E-state index is 0.247. The van der Waals surface area contributed by atoms with Crippen molar-refractivity contribution in [2.75, 3.05) is 33.9 Å². The molecule has 0 saturated carbocycles. The van der Waals surface area contributed by atoms with E-state index in [1.54, 1.807) is 36.3 Å². The summed E-state index contributed by atoms with van der Waals surface area (Å²) in [6.07, 6.45) is 1.59. The summed E-state index contributed by atoms with van der Waals surface area (Å²) in [5.41, 5.74) is 0.647. The Bertz CT molecular complexity index is 743. The second kappa shape index (κ2) is 8.75. The number of benzene rings is 1. The third-order valence-electron chi connectivity index (χ3n) is 4.01. The first-order valence-corrected chi connectivity index (χ1v) is 9.01. The molecule has 8 heteroatoms. The Hall–Kier alpha value is -2.48. The third kappa shape index (κ3) is 4.19. The highest BCUT2D eigenvalue weighted by molar-refractivity contribution is 8.18. The molecule has 1 aromatic rings. The SMILES string of the molecule is CCN(CC)C(=O)CN1C(=O)S/C(=C\c2ccc(OC)cc2OC)C1=O. The molecule has 0 aliphatic carbocycles. The molecule has 7 nitrogen and oxygen atoms in total. The van der Waals surface area contributed by atoms with Gasteiger partial charge in [0.2, 0.25) is 5.91 Å². The lowest BCUT2D eigenvalue weighted by Crippen LogP contribution is -2.41. The predicted molar refractivity (Wildman–Crippen MR) is 100 cm³/mol. The van der Waals surface area contributed by atoms with E-state index in [-0.39, 0.29) is 17.4 Å². The van der Waals surface area contributed by atoms with Crippen LogP contribution in [0.5, 0.6) is 11.5 Å². The van der Waals surface area contributed by atoms with Gasteiger partial charge in [0, 0.05) is 24.7 Å². The molecule has 0 atom stereocenters. The van der Waals surface area contributed by atoms with Crippen molar-refractivity contribution in [3.63, 3.8) is 0 Å². The van der Waals surface area contributed by atoms with Gasteiger partial charge in [-0.3, -0.25) is 19.3 Å². The maximum Gasteiger partial charge on any atom is 0.294 e. The van der Waals surface area contributed by atoms with E-state index in [4.69, 9.17) is 9.47 Å². The van der Waals surface area contributed by atoms with E-state index in [0.717, 1.165) is 16.7 Å². The van der Waals surface area contributed by atoms with Crippen molar-refractivity contribution < 1.29 is 23.9 Å². The number of carbonyl (C=O) groups is 3. The van der Waals surface area contributed by atoms with E-state index in [2.05, 4.69) is 0 Å². The van der Waals surface area contributed by atoms with Crippen molar-refractivity contribution in [2.24, 2.45) is 0 Å². The number of likely N-dealkylation sites (N-methyl/N-ethyl adjacent to an activating group) is 1. The fourth-order valence-electron chi connectivity index (χ4n) is 2.53. The monoisotopic (exact) mass is 378 g/mol. The maximum absolute atomic E-state index is 12.6. The Kier molecular flexibility index (Phi) is 6.68. The van der Waals surface area contributed by atoms with Crippen LogP contribution in [0.3, 0.4) is 0 Å². The van der Waals surface area contributed by atoms with E-state index in [1.807, 2.05) is 13.8 Å². The molecule has 1 fully saturated rings. The van der Waals surface area contributed by atoms with Gasteiger partial charge in [0.25, 0.3) is 11.1 Å². The summed E-state index contributed by atoms with van der Waals surface area (Å²) in [5, 5.41) is -0.450. The van der Waals surface area contributed by atoms with E-state index in [0.29, 0.717) is 30.2 Å². The Morgan fingerprint density at radius 3 is 2.46 bits per heavy atom. The van der Waals surface area contributed by atoms with Gasteiger partial charge in [-0.15, -0.1) is 0 Å². The van der Waals surface area contributed by atoms with Crippen LogP contribution < -0.4 is 9.47 Å². The van der Waals surface area contributed by atoms with Gasteiger partial charge in [0.05, 0.1) is 19.1 Å². The lowest BCUT2D eigenvalue weighted by atomic mass is 10.1. The van der Waals surface area contributed by atoms with Gasteiger partial charge in [-0.1, -0.05) is 0 Å². The molecule has 1 saturated heterocycles. The van der Waals surface area contributed by atoms with Crippen LogP contribution in [0, 0.1) is 0 Å². The van der Waals surface area contributed by atoms with E-state index < -0.39 is 11.1 Å². The molecule has 0 radical (unpaired) electrons. The van der Waals surface area contributed by atoms with Crippen molar-refractivity contribution in [1.29, 1.82) is 0 Å². The van der Waals surface area contributed by atoms with E-state index in [1.165, 1.54) is 7.11 Å². The standard InChI is InChI=1S/C18H22N2O5S/c1-5-19(6-2)16(21)11-20-17(22)15(26-18(20)23)9-12-7-8-13(24-3)10-14(12)25-4/h7-10H,5-6,11H2,1-4H3/b15-9-. The Balaban J connectivity index is 2.23. The molecular weight excluding hydrogens is 356 g/mol. The molecule has 0 spiro atoms. The molecule has 1 aromatic carbocycles. The van der Waals surface area contributed by atoms with Crippen LogP contribution in [0.2, 0.25) is 0 Å². The summed E-state index contributed by atoms with van der Waals surface area (Å²) in [5.74, 6) is 0.422. The number of imide groups is 1. The van der Waals surface area contributed by atoms with Crippen LogP contribution in [0.15, 0.2) is 23.1 Å². The first-order valence-electron chi connectivity index (χ1n) is 8.20. The minimum Gasteiger partial charge on any atom is -0.497 e. The van der Waals surface area contributed by atoms with Crippen molar-refractivity contribution in [1.82, 2.24) is 9.80 Å². The van der Waals surface area contributed by atoms with Gasteiger partial charge in [-0.05, 0) is 43.8 Å². The number of hydrogen-bond acceptors (Lipinski definition) is 6.